The lowest BCUT2D eigenvalue weighted by Gasteiger charge is -2.11. The summed E-state index contributed by atoms with van der Waals surface area (Å²) in [6.07, 6.45) is -4.41. The van der Waals surface area contributed by atoms with E-state index in [9.17, 15) is 13.2 Å². The number of aromatic nitrogens is 1. The molecule has 1 N–H and O–H groups in total. The van der Waals surface area contributed by atoms with Crippen molar-refractivity contribution >= 4 is 15.9 Å². The summed E-state index contributed by atoms with van der Waals surface area (Å²) in [6, 6.07) is 0.828. The normalized spacial score (nSPS) is 14.1. The summed E-state index contributed by atoms with van der Waals surface area (Å²) < 4.78 is 37.0. The second kappa shape index (κ2) is 3.86. The first-order valence-corrected chi connectivity index (χ1v) is 4.52. The van der Waals surface area contributed by atoms with E-state index in [4.69, 9.17) is 5.11 Å². The quantitative estimate of drug-likeness (QED) is 0.851. The van der Waals surface area contributed by atoms with Crippen molar-refractivity contribution in [2.45, 2.75) is 19.2 Å². The molecule has 1 atom stereocenters. The Hall–Kier alpha value is -0.620. The molecule has 0 amide bonds. The molecule has 1 heterocycles. The summed E-state index contributed by atoms with van der Waals surface area (Å²) in [5.74, 6) is 0. The molecule has 2 nitrogen and oxygen atoms in total. The number of pyridine rings is 1. The van der Waals surface area contributed by atoms with Gasteiger partial charge >= 0.3 is 6.18 Å². The van der Waals surface area contributed by atoms with Crippen molar-refractivity contribution < 1.29 is 18.3 Å². The number of nitrogens with zero attached hydrogens (tertiary/aromatic N) is 1. The number of aliphatic hydroxyl groups excluding tert-OH is 1. The fourth-order valence-corrected chi connectivity index (χ4v) is 1.48. The molecular weight excluding hydrogens is 263 g/mol. The highest BCUT2D eigenvalue weighted by atomic mass is 79.9. The average molecular weight is 270 g/mol. The zero-order valence-corrected chi connectivity index (χ0v) is 8.72. The van der Waals surface area contributed by atoms with E-state index >= 15 is 0 Å². The predicted octanol–water partition coefficient (Wildman–Crippen LogP) is 2.92. The van der Waals surface area contributed by atoms with E-state index in [1.807, 2.05) is 0 Å². The van der Waals surface area contributed by atoms with Crippen molar-refractivity contribution in [2.24, 2.45) is 0 Å². The maximum absolute atomic E-state index is 12.2. The van der Waals surface area contributed by atoms with E-state index in [1.54, 1.807) is 0 Å². The van der Waals surface area contributed by atoms with E-state index in [0.717, 1.165) is 12.3 Å². The van der Waals surface area contributed by atoms with Crippen LogP contribution in [0.2, 0.25) is 0 Å². The smallest absolute Gasteiger partial charge is 0.389 e. The van der Waals surface area contributed by atoms with Crippen molar-refractivity contribution in [3.05, 3.63) is 28.0 Å². The first-order valence-electron chi connectivity index (χ1n) is 3.73. The molecule has 0 spiro atoms. The van der Waals surface area contributed by atoms with E-state index in [-0.39, 0.29) is 5.56 Å². The Morgan fingerprint density at radius 1 is 1.50 bits per heavy atom. The van der Waals surface area contributed by atoms with Crippen LogP contribution >= 0.6 is 15.9 Å². The van der Waals surface area contributed by atoms with Gasteiger partial charge in [-0.1, -0.05) is 0 Å². The van der Waals surface area contributed by atoms with Crippen LogP contribution in [-0.2, 0) is 6.18 Å². The number of aliphatic hydroxyl groups is 1. The Kier molecular flexibility index (Phi) is 3.16. The highest BCUT2D eigenvalue weighted by Gasteiger charge is 2.33. The van der Waals surface area contributed by atoms with Crippen LogP contribution in [0.25, 0.3) is 0 Å². The summed E-state index contributed by atoms with van der Waals surface area (Å²) in [5, 5.41) is 9.17. The zero-order valence-electron chi connectivity index (χ0n) is 7.14. The Morgan fingerprint density at radius 3 is 2.50 bits per heavy atom. The van der Waals surface area contributed by atoms with Crippen LogP contribution in [0.1, 0.15) is 24.3 Å². The Labute approximate surface area is 86.9 Å². The molecule has 0 aliphatic rings. The first kappa shape index (κ1) is 11.5. The minimum atomic E-state index is -4.48. The predicted molar refractivity (Wildman–Crippen MR) is 47.6 cm³/mol. The first-order chi connectivity index (χ1) is 6.32. The lowest BCUT2D eigenvalue weighted by atomic mass is 10.1. The van der Waals surface area contributed by atoms with Crippen molar-refractivity contribution in [3.63, 3.8) is 0 Å². The molecule has 78 valence electrons. The molecule has 0 fully saturated rings. The molecule has 0 bridgehead atoms. The third-order valence-electron chi connectivity index (χ3n) is 1.63. The topological polar surface area (TPSA) is 33.1 Å². The van der Waals surface area contributed by atoms with Gasteiger partial charge in [0.15, 0.2) is 0 Å². The minimum absolute atomic E-state index is 0.173. The van der Waals surface area contributed by atoms with Crippen molar-refractivity contribution in [1.29, 1.82) is 0 Å². The summed E-state index contributed by atoms with van der Waals surface area (Å²) >= 11 is 3.01. The molecule has 0 saturated heterocycles. The van der Waals surface area contributed by atoms with Crippen molar-refractivity contribution in [2.75, 3.05) is 0 Å². The van der Waals surface area contributed by atoms with Crippen LogP contribution in [0.4, 0.5) is 13.2 Å². The van der Waals surface area contributed by atoms with Gasteiger partial charge in [-0.2, -0.15) is 13.2 Å². The van der Waals surface area contributed by atoms with Gasteiger partial charge in [0.2, 0.25) is 0 Å². The number of rotatable bonds is 1. The molecule has 6 heteroatoms. The molecule has 1 rings (SSSR count). The van der Waals surface area contributed by atoms with Crippen LogP contribution in [0.15, 0.2) is 16.7 Å². The van der Waals surface area contributed by atoms with E-state index in [1.165, 1.54) is 6.92 Å². The molecule has 0 saturated carbocycles. The molecule has 0 aromatic carbocycles. The van der Waals surface area contributed by atoms with Gasteiger partial charge < -0.3 is 5.11 Å². The van der Waals surface area contributed by atoms with Crippen molar-refractivity contribution in [3.8, 4) is 0 Å². The maximum atomic E-state index is 12.2. The number of hydrogen-bond acceptors (Lipinski definition) is 2. The van der Waals surface area contributed by atoms with Gasteiger partial charge in [0.1, 0.15) is 5.69 Å². The van der Waals surface area contributed by atoms with E-state index in [2.05, 4.69) is 20.9 Å². The molecule has 1 aromatic heterocycles. The lowest BCUT2D eigenvalue weighted by molar-refractivity contribution is -0.141. The average Bonchev–Trinajstić information content (AvgIpc) is 2.02. The van der Waals surface area contributed by atoms with Crippen LogP contribution < -0.4 is 0 Å². The summed E-state index contributed by atoms with van der Waals surface area (Å²) in [4.78, 5) is 3.21. The van der Waals surface area contributed by atoms with Gasteiger partial charge in [-0.3, -0.25) is 4.98 Å². The molecule has 0 aliphatic heterocycles. The summed E-state index contributed by atoms with van der Waals surface area (Å²) in [6.45, 7) is 1.39. The molecular formula is C8H7BrF3NO. The van der Waals surface area contributed by atoms with Crippen LogP contribution in [0.5, 0.6) is 0 Å². The van der Waals surface area contributed by atoms with E-state index in [0.29, 0.717) is 4.47 Å². The highest BCUT2D eigenvalue weighted by molar-refractivity contribution is 9.10. The van der Waals surface area contributed by atoms with Gasteiger partial charge in [0.05, 0.1) is 6.10 Å². The Morgan fingerprint density at radius 2 is 2.07 bits per heavy atom. The standard InChI is InChI=1S/C8H7BrF3NO/c1-4(14)5-2-7(8(10,11)12)13-3-6(5)9/h2-4,14H,1H3. The van der Waals surface area contributed by atoms with Gasteiger partial charge in [0.25, 0.3) is 0 Å². The largest absolute Gasteiger partial charge is 0.433 e. The highest BCUT2D eigenvalue weighted by Crippen LogP contribution is 2.31. The summed E-state index contributed by atoms with van der Waals surface area (Å²) in [5.41, 5.74) is -0.830. The zero-order chi connectivity index (χ0) is 10.9. The third-order valence-corrected chi connectivity index (χ3v) is 2.29. The summed E-state index contributed by atoms with van der Waals surface area (Å²) in [7, 11) is 0. The Bertz CT molecular complexity index is 338. The molecule has 0 radical (unpaired) electrons. The maximum Gasteiger partial charge on any atom is 0.433 e. The SMILES string of the molecule is CC(O)c1cc(C(F)(F)F)ncc1Br. The van der Waals surface area contributed by atoms with Gasteiger partial charge in [-0.05, 0) is 34.5 Å². The molecule has 1 unspecified atom stereocenters. The fourth-order valence-electron chi connectivity index (χ4n) is 0.929. The minimum Gasteiger partial charge on any atom is -0.389 e. The Balaban J connectivity index is 3.20. The van der Waals surface area contributed by atoms with Crippen molar-refractivity contribution in [1.82, 2.24) is 4.98 Å². The molecule has 14 heavy (non-hydrogen) atoms. The monoisotopic (exact) mass is 269 g/mol. The van der Waals surface area contributed by atoms with Gasteiger partial charge in [-0.25, -0.2) is 0 Å². The van der Waals surface area contributed by atoms with E-state index < -0.39 is 18.0 Å². The second-order valence-corrected chi connectivity index (χ2v) is 3.62. The fraction of sp³-hybridized carbons (Fsp3) is 0.375. The molecule has 0 aliphatic carbocycles. The van der Waals surface area contributed by atoms with Gasteiger partial charge in [-0.15, -0.1) is 0 Å². The number of alkyl halides is 3. The third kappa shape index (κ3) is 2.45. The second-order valence-electron chi connectivity index (χ2n) is 2.76. The lowest BCUT2D eigenvalue weighted by Crippen LogP contribution is -2.09. The van der Waals surface area contributed by atoms with Crippen LogP contribution in [0.3, 0.4) is 0 Å². The number of halogens is 4. The number of hydrogen-bond donors (Lipinski definition) is 1. The van der Waals surface area contributed by atoms with Crippen LogP contribution in [-0.4, -0.2) is 10.1 Å². The van der Waals surface area contributed by atoms with Gasteiger partial charge in [0, 0.05) is 10.7 Å². The molecule has 1 aromatic rings. The van der Waals surface area contributed by atoms with Crippen LogP contribution in [0, 0.1) is 0 Å².